The minimum absolute atomic E-state index is 0.151. The van der Waals surface area contributed by atoms with Crippen LogP contribution in [0.1, 0.15) is 52.6 Å². The summed E-state index contributed by atoms with van der Waals surface area (Å²) in [5, 5.41) is 7.32. The Morgan fingerprint density at radius 1 is 1.30 bits per heavy atom. The van der Waals surface area contributed by atoms with Crippen molar-refractivity contribution in [3.63, 3.8) is 0 Å². The summed E-state index contributed by atoms with van der Waals surface area (Å²) < 4.78 is 30.2. The van der Waals surface area contributed by atoms with Crippen molar-refractivity contribution in [2.75, 3.05) is 18.0 Å². The van der Waals surface area contributed by atoms with E-state index in [4.69, 9.17) is 0 Å². The molecule has 2 bridgehead atoms. The van der Waals surface area contributed by atoms with E-state index in [1.54, 1.807) is 23.7 Å². The molecule has 3 aromatic heterocycles. The first-order valence-electron chi connectivity index (χ1n) is 10.2. The van der Waals surface area contributed by atoms with E-state index in [0.29, 0.717) is 41.3 Å². The number of carbonyl (C=O) groups is 1. The number of nitrogens with zero attached hydrogens (tertiary/aromatic N) is 5. The predicted octanol–water partition coefficient (Wildman–Crippen LogP) is 2.93. The number of carbonyl (C=O) groups excluding carboxylic acids is 1. The van der Waals surface area contributed by atoms with Crippen molar-refractivity contribution in [3.05, 3.63) is 52.9 Å². The van der Waals surface area contributed by atoms with Crippen LogP contribution in [0.2, 0.25) is 0 Å². The molecule has 2 aliphatic rings. The molecule has 156 valence electrons. The van der Waals surface area contributed by atoms with Crippen molar-refractivity contribution < 1.29 is 13.6 Å². The standard InChI is InChI=1S/C21H22F2N6O/c1-12-19-20-26-18(5-7-29(20)27-12)28-11-14(23)9-17(28)15-8-13(22)10-25-16(15)4-2-3-6-24-21(19)30/h5,7-8,10,14,17H,2-4,6,9,11H2,1H3,(H,24,30)/t14-,17+/m0/s1. The maximum atomic E-state index is 14.5. The van der Waals surface area contributed by atoms with Gasteiger partial charge in [-0.2, -0.15) is 5.10 Å². The minimum atomic E-state index is -1.06. The highest BCUT2D eigenvalue weighted by atomic mass is 19.1. The van der Waals surface area contributed by atoms with Gasteiger partial charge in [-0.15, -0.1) is 0 Å². The van der Waals surface area contributed by atoms with Crippen molar-refractivity contribution in [1.82, 2.24) is 24.9 Å². The number of aromatic nitrogens is 4. The summed E-state index contributed by atoms with van der Waals surface area (Å²) in [5.41, 5.74) is 2.92. The lowest BCUT2D eigenvalue weighted by molar-refractivity contribution is 0.0954. The van der Waals surface area contributed by atoms with Gasteiger partial charge in [0, 0.05) is 24.9 Å². The van der Waals surface area contributed by atoms with Gasteiger partial charge in [-0.3, -0.25) is 9.78 Å². The summed E-state index contributed by atoms with van der Waals surface area (Å²) in [6.45, 7) is 2.43. The van der Waals surface area contributed by atoms with Crippen molar-refractivity contribution in [2.45, 2.75) is 44.8 Å². The highest BCUT2D eigenvalue weighted by Gasteiger charge is 2.36. The minimum Gasteiger partial charge on any atom is -0.352 e. The Balaban J connectivity index is 1.68. The number of nitrogens with one attached hydrogen (secondary N) is 1. The van der Waals surface area contributed by atoms with E-state index in [0.717, 1.165) is 18.5 Å². The van der Waals surface area contributed by atoms with E-state index in [1.165, 1.54) is 12.3 Å². The third-order valence-corrected chi connectivity index (χ3v) is 5.87. The van der Waals surface area contributed by atoms with Crippen LogP contribution in [0, 0.1) is 12.7 Å². The molecule has 1 amide bonds. The van der Waals surface area contributed by atoms with Gasteiger partial charge in [0.05, 0.1) is 24.5 Å². The van der Waals surface area contributed by atoms with Gasteiger partial charge in [-0.25, -0.2) is 18.3 Å². The zero-order valence-electron chi connectivity index (χ0n) is 16.6. The quantitative estimate of drug-likeness (QED) is 0.615. The van der Waals surface area contributed by atoms with Crippen LogP contribution in [0.25, 0.3) is 5.65 Å². The second kappa shape index (κ2) is 7.30. The molecule has 2 atom stereocenters. The average Bonchev–Trinajstić information content (AvgIpc) is 3.26. The largest absolute Gasteiger partial charge is 0.352 e. The molecule has 30 heavy (non-hydrogen) atoms. The molecule has 0 unspecified atom stereocenters. The van der Waals surface area contributed by atoms with Crippen LogP contribution in [-0.2, 0) is 6.42 Å². The number of rotatable bonds is 0. The number of alkyl halides is 1. The van der Waals surface area contributed by atoms with E-state index >= 15 is 0 Å². The second-order valence-electron chi connectivity index (χ2n) is 7.92. The number of hydrogen-bond donors (Lipinski definition) is 1. The smallest absolute Gasteiger partial charge is 0.257 e. The normalized spacial score (nSPS) is 22.0. The zero-order chi connectivity index (χ0) is 20.8. The van der Waals surface area contributed by atoms with Crippen LogP contribution < -0.4 is 10.2 Å². The Labute approximate surface area is 172 Å². The molecule has 5 rings (SSSR count). The molecule has 0 aliphatic carbocycles. The number of halogens is 2. The number of amides is 1. The number of hydrogen-bond acceptors (Lipinski definition) is 5. The summed E-state index contributed by atoms with van der Waals surface area (Å²) in [4.78, 5) is 23.6. The summed E-state index contributed by atoms with van der Waals surface area (Å²) >= 11 is 0. The molecule has 9 heteroatoms. The van der Waals surface area contributed by atoms with Gasteiger partial charge < -0.3 is 10.2 Å². The van der Waals surface area contributed by atoms with Crippen molar-refractivity contribution >= 4 is 17.4 Å². The van der Waals surface area contributed by atoms with Crippen LogP contribution in [0.5, 0.6) is 0 Å². The predicted molar refractivity (Wildman–Crippen MR) is 107 cm³/mol. The highest BCUT2D eigenvalue weighted by Crippen LogP contribution is 2.38. The van der Waals surface area contributed by atoms with Crippen LogP contribution >= 0.6 is 0 Å². The molecule has 0 spiro atoms. The summed E-state index contributed by atoms with van der Waals surface area (Å²) in [6.07, 6.45) is 4.29. The SMILES string of the molecule is Cc1nn2ccc3nc2c1C(=O)NCCCCc1ncc(F)cc1[C@H]1C[C@H](F)CN31. The van der Waals surface area contributed by atoms with Gasteiger partial charge in [-0.05, 0) is 43.9 Å². The molecule has 1 saturated heterocycles. The first kappa shape index (κ1) is 18.9. The molecule has 3 aromatic rings. The molecule has 1 N–H and O–H groups in total. The Morgan fingerprint density at radius 2 is 2.17 bits per heavy atom. The molecule has 0 saturated carbocycles. The first-order valence-corrected chi connectivity index (χ1v) is 10.2. The number of fused-ring (bicyclic) bond motifs is 5. The van der Waals surface area contributed by atoms with Gasteiger partial charge in [0.25, 0.3) is 5.91 Å². The zero-order valence-corrected chi connectivity index (χ0v) is 16.6. The Morgan fingerprint density at radius 3 is 3.03 bits per heavy atom. The van der Waals surface area contributed by atoms with E-state index < -0.39 is 12.0 Å². The molecule has 0 aromatic carbocycles. The monoisotopic (exact) mass is 412 g/mol. The highest BCUT2D eigenvalue weighted by molar-refractivity contribution is 6.01. The van der Waals surface area contributed by atoms with Crippen molar-refractivity contribution in [3.8, 4) is 0 Å². The van der Waals surface area contributed by atoms with Gasteiger partial charge in [0.2, 0.25) is 0 Å². The average molecular weight is 412 g/mol. The first-order chi connectivity index (χ1) is 14.5. The summed E-state index contributed by atoms with van der Waals surface area (Å²) in [7, 11) is 0. The molecular formula is C21H22F2N6O. The van der Waals surface area contributed by atoms with E-state index in [2.05, 4.69) is 20.4 Å². The Kier molecular flexibility index (Phi) is 4.60. The number of pyridine rings is 1. The lowest BCUT2D eigenvalue weighted by Gasteiger charge is -2.27. The summed E-state index contributed by atoms with van der Waals surface area (Å²) in [5.74, 6) is -0.110. The third-order valence-electron chi connectivity index (χ3n) is 5.87. The lowest BCUT2D eigenvalue weighted by atomic mass is 9.99. The van der Waals surface area contributed by atoms with E-state index in [1.807, 2.05) is 4.90 Å². The maximum absolute atomic E-state index is 14.5. The Bertz CT molecular complexity index is 1130. The van der Waals surface area contributed by atoms with Gasteiger partial charge >= 0.3 is 0 Å². The van der Waals surface area contributed by atoms with Gasteiger partial charge in [0.1, 0.15) is 23.4 Å². The lowest BCUT2D eigenvalue weighted by Crippen LogP contribution is -2.27. The van der Waals surface area contributed by atoms with Crippen LogP contribution in [-0.4, -0.2) is 44.8 Å². The summed E-state index contributed by atoms with van der Waals surface area (Å²) in [6, 6.07) is 2.86. The third kappa shape index (κ3) is 3.18. The molecule has 0 radical (unpaired) electrons. The molecule has 2 aliphatic heterocycles. The Hall–Kier alpha value is -3.10. The fraction of sp³-hybridized carbons (Fsp3) is 0.429. The number of anilines is 1. The van der Waals surface area contributed by atoms with Crippen LogP contribution in [0.15, 0.2) is 24.5 Å². The molecule has 1 fully saturated rings. The van der Waals surface area contributed by atoms with Crippen LogP contribution in [0.4, 0.5) is 14.6 Å². The topological polar surface area (TPSA) is 75.4 Å². The van der Waals surface area contributed by atoms with E-state index in [9.17, 15) is 13.6 Å². The molecular weight excluding hydrogens is 390 g/mol. The van der Waals surface area contributed by atoms with Gasteiger partial charge in [-0.1, -0.05) is 0 Å². The number of aryl methyl sites for hydroxylation is 2. The van der Waals surface area contributed by atoms with Gasteiger partial charge in [0.15, 0.2) is 5.65 Å². The fourth-order valence-electron chi connectivity index (χ4n) is 4.48. The maximum Gasteiger partial charge on any atom is 0.257 e. The molecule has 7 nitrogen and oxygen atoms in total. The molecule has 5 heterocycles. The van der Waals surface area contributed by atoms with Crippen molar-refractivity contribution in [2.24, 2.45) is 0 Å². The van der Waals surface area contributed by atoms with Crippen molar-refractivity contribution in [1.29, 1.82) is 0 Å². The second-order valence-corrected chi connectivity index (χ2v) is 7.92. The van der Waals surface area contributed by atoms with Crippen LogP contribution in [0.3, 0.4) is 0 Å². The fourth-order valence-corrected chi connectivity index (χ4v) is 4.48. The van der Waals surface area contributed by atoms with E-state index in [-0.39, 0.29) is 24.9 Å².